The second-order valence-electron chi connectivity index (χ2n) is 4.14. The molecule has 0 saturated heterocycles. The molecule has 1 unspecified atom stereocenters. The molecule has 0 bridgehead atoms. The minimum absolute atomic E-state index is 0.142. The first kappa shape index (κ1) is 19.3. The van der Waals surface area contributed by atoms with Gasteiger partial charge in [0.2, 0.25) is 0 Å². The minimum Gasteiger partial charge on any atom is -0.480 e. The van der Waals surface area contributed by atoms with Crippen molar-refractivity contribution in [2.24, 2.45) is 0 Å². The van der Waals surface area contributed by atoms with E-state index in [-0.39, 0.29) is 6.61 Å². The summed E-state index contributed by atoms with van der Waals surface area (Å²) in [6.07, 6.45) is 0.885. The Morgan fingerprint density at radius 1 is 1.05 bits per heavy atom. The number of ether oxygens (including phenoxy) is 4. The molecule has 2 N–H and O–H groups in total. The Balaban J connectivity index is 3.34. The van der Waals surface area contributed by atoms with Gasteiger partial charge in [0.15, 0.2) is 0 Å². The first-order chi connectivity index (χ1) is 9.72. The molecule has 7 nitrogen and oxygen atoms in total. The summed E-state index contributed by atoms with van der Waals surface area (Å²) in [4.78, 5) is 10.9. The summed E-state index contributed by atoms with van der Waals surface area (Å²) in [5.74, 6) is -0.897. The quantitative estimate of drug-likeness (QED) is 0.415. The molecular formula is C13H27NO6. The fraction of sp³-hybridized carbons (Fsp3) is 0.923. The van der Waals surface area contributed by atoms with Crippen molar-refractivity contribution in [1.29, 1.82) is 0 Å². The van der Waals surface area contributed by atoms with E-state index in [0.29, 0.717) is 46.2 Å². The average Bonchev–Trinajstić information content (AvgIpc) is 2.43. The number of nitrogens with one attached hydrogen (secondary N) is 1. The highest BCUT2D eigenvalue weighted by Crippen LogP contribution is 1.89. The molecule has 0 aromatic rings. The van der Waals surface area contributed by atoms with E-state index < -0.39 is 12.0 Å². The summed E-state index contributed by atoms with van der Waals surface area (Å²) in [7, 11) is 1.62. The molecule has 20 heavy (non-hydrogen) atoms. The first-order valence-electron chi connectivity index (χ1n) is 6.90. The van der Waals surface area contributed by atoms with Crippen LogP contribution in [0.4, 0.5) is 0 Å². The van der Waals surface area contributed by atoms with Crippen LogP contribution in [-0.4, -0.2) is 77.0 Å². The van der Waals surface area contributed by atoms with Crippen LogP contribution in [0.3, 0.4) is 0 Å². The molecule has 0 radical (unpaired) electrons. The largest absolute Gasteiger partial charge is 0.480 e. The van der Waals surface area contributed by atoms with Crippen LogP contribution >= 0.6 is 0 Å². The van der Waals surface area contributed by atoms with Crippen LogP contribution < -0.4 is 5.32 Å². The Bertz CT molecular complexity index is 227. The van der Waals surface area contributed by atoms with Crippen LogP contribution in [-0.2, 0) is 23.7 Å². The van der Waals surface area contributed by atoms with Gasteiger partial charge < -0.3 is 29.4 Å². The number of aliphatic carboxylic acids is 1. The fourth-order valence-electron chi connectivity index (χ4n) is 1.32. The smallest absolute Gasteiger partial charge is 0.323 e. The Morgan fingerprint density at radius 3 is 2.10 bits per heavy atom. The van der Waals surface area contributed by atoms with E-state index in [2.05, 4.69) is 5.32 Å². The summed E-state index contributed by atoms with van der Waals surface area (Å²) in [5, 5.41) is 11.8. The lowest BCUT2D eigenvalue weighted by atomic mass is 10.3. The van der Waals surface area contributed by atoms with Crippen molar-refractivity contribution >= 4 is 5.97 Å². The molecule has 0 spiro atoms. The third-order valence-corrected chi connectivity index (χ3v) is 2.40. The molecule has 0 aromatic carbocycles. The number of carbonyl (C=O) groups is 1. The molecule has 1 atom stereocenters. The van der Waals surface area contributed by atoms with E-state index in [1.807, 2.05) is 6.92 Å². The Hall–Kier alpha value is -0.730. The maximum atomic E-state index is 10.9. The molecule has 0 fully saturated rings. The van der Waals surface area contributed by atoms with Gasteiger partial charge in [0, 0.05) is 7.11 Å². The number of rotatable bonds is 15. The first-order valence-corrected chi connectivity index (χ1v) is 6.90. The highest BCUT2D eigenvalue weighted by atomic mass is 16.6. The van der Waals surface area contributed by atoms with Crippen LogP contribution in [0.2, 0.25) is 0 Å². The molecular weight excluding hydrogens is 266 g/mol. The lowest BCUT2D eigenvalue weighted by Crippen LogP contribution is -2.41. The Morgan fingerprint density at radius 2 is 1.60 bits per heavy atom. The average molecular weight is 293 g/mol. The summed E-state index contributed by atoms with van der Waals surface area (Å²) >= 11 is 0. The SMILES string of the molecule is CCCNC(COCCOCCOCCOC)C(=O)O. The van der Waals surface area contributed by atoms with Crippen molar-refractivity contribution < 1.29 is 28.8 Å². The Kier molecular flexibility index (Phi) is 14.1. The third-order valence-electron chi connectivity index (χ3n) is 2.40. The molecule has 0 rings (SSSR count). The van der Waals surface area contributed by atoms with Crippen LogP contribution in [0.25, 0.3) is 0 Å². The summed E-state index contributed by atoms with van der Waals surface area (Å²) in [5.41, 5.74) is 0. The van der Waals surface area contributed by atoms with E-state index in [4.69, 9.17) is 24.1 Å². The predicted molar refractivity (Wildman–Crippen MR) is 74.1 cm³/mol. The summed E-state index contributed by atoms with van der Waals surface area (Å²) < 4.78 is 20.6. The van der Waals surface area contributed by atoms with Crippen LogP contribution in [0.15, 0.2) is 0 Å². The monoisotopic (exact) mass is 293 g/mol. The standard InChI is InChI=1S/C13H27NO6/c1-3-4-14-12(13(15)16)11-20-10-9-19-8-7-18-6-5-17-2/h12,14H,3-11H2,1-2H3,(H,15,16). The normalized spacial score (nSPS) is 12.5. The molecule has 0 aromatic heterocycles. The molecule has 0 saturated carbocycles. The van der Waals surface area contributed by atoms with Crippen molar-refractivity contribution in [2.45, 2.75) is 19.4 Å². The van der Waals surface area contributed by atoms with E-state index in [9.17, 15) is 4.79 Å². The van der Waals surface area contributed by atoms with E-state index in [0.717, 1.165) is 6.42 Å². The maximum absolute atomic E-state index is 10.9. The zero-order chi connectivity index (χ0) is 15.1. The van der Waals surface area contributed by atoms with Crippen LogP contribution in [0.5, 0.6) is 0 Å². The number of hydrogen-bond acceptors (Lipinski definition) is 6. The van der Waals surface area contributed by atoms with Gasteiger partial charge in [-0.1, -0.05) is 6.92 Å². The van der Waals surface area contributed by atoms with Gasteiger partial charge in [-0.15, -0.1) is 0 Å². The van der Waals surface area contributed by atoms with E-state index in [1.54, 1.807) is 7.11 Å². The fourth-order valence-corrected chi connectivity index (χ4v) is 1.32. The van der Waals surface area contributed by atoms with Gasteiger partial charge in [0.1, 0.15) is 6.04 Å². The van der Waals surface area contributed by atoms with Crippen molar-refractivity contribution in [3.05, 3.63) is 0 Å². The molecule has 0 amide bonds. The highest BCUT2D eigenvalue weighted by Gasteiger charge is 2.15. The lowest BCUT2D eigenvalue weighted by molar-refractivity contribution is -0.141. The van der Waals surface area contributed by atoms with Gasteiger partial charge >= 0.3 is 5.97 Å². The lowest BCUT2D eigenvalue weighted by Gasteiger charge is -2.14. The predicted octanol–water partition coefficient (Wildman–Crippen LogP) is 0.135. The van der Waals surface area contributed by atoms with Gasteiger partial charge in [-0.25, -0.2) is 0 Å². The van der Waals surface area contributed by atoms with Crippen molar-refractivity contribution in [3.63, 3.8) is 0 Å². The minimum atomic E-state index is -0.897. The number of hydrogen-bond donors (Lipinski definition) is 2. The molecule has 0 aliphatic carbocycles. The van der Waals surface area contributed by atoms with E-state index >= 15 is 0 Å². The van der Waals surface area contributed by atoms with Crippen molar-refractivity contribution in [1.82, 2.24) is 5.32 Å². The summed E-state index contributed by atoms with van der Waals surface area (Å²) in [6, 6.07) is -0.660. The van der Waals surface area contributed by atoms with Crippen molar-refractivity contribution in [2.75, 3.05) is 59.9 Å². The second kappa shape index (κ2) is 14.7. The van der Waals surface area contributed by atoms with Gasteiger partial charge in [0.05, 0.1) is 46.2 Å². The van der Waals surface area contributed by atoms with Crippen LogP contribution in [0.1, 0.15) is 13.3 Å². The van der Waals surface area contributed by atoms with Gasteiger partial charge in [-0.3, -0.25) is 4.79 Å². The number of carboxylic acids is 1. The maximum Gasteiger partial charge on any atom is 0.323 e. The zero-order valence-corrected chi connectivity index (χ0v) is 12.4. The summed E-state index contributed by atoms with van der Waals surface area (Å²) in [6.45, 7) is 5.71. The zero-order valence-electron chi connectivity index (χ0n) is 12.4. The molecule has 120 valence electrons. The van der Waals surface area contributed by atoms with Crippen LogP contribution in [0, 0.1) is 0 Å². The highest BCUT2D eigenvalue weighted by molar-refractivity contribution is 5.73. The third kappa shape index (κ3) is 12.3. The molecule has 0 heterocycles. The number of carboxylic acid groups (broad SMARTS) is 1. The molecule has 0 aliphatic rings. The van der Waals surface area contributed by atoms with E-state index in [1.165, 1.54) is 0 Å². The second-order valence-corrected chi connectivity index (χ2v) is 4.14. The molecule has 0 aliphatic heterocycles. The van der Waals surface area contributed by atoms with Gasteiger partial charge in [-0.05, 0) is 13.0 Å². The van der Waals surface area contributed by atoms with Gasteiger partial charge in [-0.2, -0.15) is 0 Å². The van der Waals surface area contributed by atoms with Gasteiger partial charge in [0.25, 0.3) is 0 Å². The number of methoxy groups -OCH3 is 1. The molecule has 7 heteroatoms. The van der Waals surface area contributed by atoms with Crippen molar-refractivity contribution in [3.8, 4) is 0 Å². The topological polar surface area (TPSA) is 86.3 Å². The Labute approximate surface area is 120 Å².